The van der Waals surface area contributed by atoms with Crippen LogP contribution in [0.1, 0.15) is 31.2 Å². The Morgan fingerprint density at radius 3 is 2.82 bits per heavy atom. The Kier molecular flexibility index (Phi) is 5.40. The number of hydrogen-bond acceptors (Lipinski definition) is 2. The number of benzene rings is 1. The molecule has 1 N–H and O–H groups in total. The van der Waals surface area contributed by atoms with Gasteiger partial charge in [-0.15, -0.1) is 0 Å². The lowest BCUT2D eigenvalue weighted by atomic mass is 10.0. The maximum absolute atomic E-state index is 3.51. The summed E-state index contributed by atoms with van der Waals surface area (Å²) < 4.78 is 0. The van der Waals surface area contributed by atoms with Crippen molar-refractivity contribution in [3.63, 3.8) is 0 Å². The predicted octanol–water partition coefficient (Wildman–Crippen LogP) is 3.49. The van der Waals surface area contributed by atoms with Gasteiger partial charge in [-0.3, -0.25) is 0 Å². The van der Waals surface area contributed by atoms with E-state index in [0.29, 0.717) is 6.04 Å². The van der Waals surface area contributed by atoms with Crippen LogP contribution in [0.2, 0.25) is 0 Å². The first kappa shape index (κ1) is 13.0. The van der Waals surface area contributed by atoms with Crippen LogP contribution in [-0.4, -0.2) is 24.1 Å². The monoisotopic (exact) mass is 249 g/mol. The van der Waals surface area contributed by atoms with Gasteiger partial charge in [-0.25, -0.2) is 0 Å². The van der Waals surface area contributed by atoms with Gasteiger partial charge in [-0.1, -0.05) is 30.3 Å². The Bertz CT molecular complexity index is 306. The van der Waals surface area contributed by atoms with Crippen LogP contribution in [0.4, 0.5) is 0 Å². The molecule has 0 aliphatic carbocycles. The summed E-state index contributed by atoms with van der Waals surface area (Å²) in [5.74, 6) is 1.36. The summed E-state index contributed by atoms with van der Waals surface area (Å²) in [7, 11) is 2.12. The van der Waals surface area contributed by atoms with E-state index in [-0.39, 0.29) is 0 Å². The van der Waals surface area contributed by atoms with E-state index in [9.17, 15) is 0 Å². The number of aryl methyl sites for hydroxylation is 1. The Morgan fingerprint density at radius 1 is 1.35 bits per heavy atom. The van der Waals surface area contributed by atoms with Crippen molar-refractivity contribution in [2.45, 2.75) is 43.4 Å². The summed E-state index contributed by atoms with van der Waals surface area (Å²) >= 11 is 2.16. The third kappa shape index (κ3) is 4.04. The largest absolute Gasteiger partial charge is 0.316 e. The second-order valence-electron chi connectivity index (χ2n) is 4.82. The molecule has 0 radical (unpaired) electrons. The van der Waals surface area contributed by atoms with Crippen molar-refractivity contribution in [1.29, 1.82) is 0 Å². The van der Waals surface area contributed by atoms with Gasteiger partial charge < -0.3 is 5.32 Å². The van der Waals surface area contributed by atoms with E-state index in [2.05, 4.69) is 54.5 Å². The van der Waals surface area contributed by atoms with Crippen LogP contribution in [0.15, 0.2) is 30.3 Å². The molecule has 1 fully saturated rings. The van der Waals surface area contributed by atoms with E-state index in [0.717, 1.165) is 5.25 Å². The highest BCUT2D eigenvalue weighted by atomic mass is 32.2. The van der Waals surface area contributed by atoms with Gasteiger partial charge in [0.2, 0.25) is 0 Å². The van der Waals surface area contributed by atoms with E-state index < -0.39 is 0 Å². The van der Waals surface area contributed by atoms with Crippen molar-refractivity contribution in [3.8, 4) is 0 Å². The highest BCUT2D eigenvalue weighted by Gasteiger charge is 2.23. The molecule has 0 bridgehead atoms. The molecule has 2 unspecified atom stereocenters. The standard InChI is InChI=1S/C15H23NS/c1-16-14(15-11-6-12-17-15)10-5-9-13-7-3-2-4-8-13/h2-4,7-8,14-16H,5-6,9-12H2,1H3. The SMILES string of the molecule is CNC(CCCc1ccccc1)C1CCCS1. The van der Waals surface area contributed by atoms with Crippen LogP contribution < -0.4 is 5.32 Å². The summed E-state index contributed by atoms with van der Waals surface area (Å²) in [6.07, 6.45) is 6.64. The third-order valence-electron chi connectivity index (χ3n) is 3.61. The minimum absolute atomic E-state index is 0.714. The van der Waals surface area contributed by atoms with Gasteiger partial charge in [0.25, 0.3) is 0 Å². The predicted molar refractivity (Wildman–Crippen MR) is 77.7 cm³/mol. The van der Waals surface area contributed by atoms with Crippen LogP contribution in [0.5, 0.6) is 0 Å². The smallest absolute Gasteiger partial charge is 0.0201 e. The Balaban J connectivity index is 1.72. The topological polar surface area (TPSA) is 12.0 Å². The third-order valence-corrected chi connectivity index (χ3v) is 5.12. The van der Waals surface area contributed by atoms with Crippen molar-refractivity contribution in [1.82, 2.24) is 5.32 Å². The normalized spacial score (nSPS) is 21.6. The van der Waals surface area contributed by atoms with Crippen molar-refractivity contribution in [2.24, 2.45) is 0 Å². The van der Waals surface area contributed by atoms with Crippen LogP contribution in [0.25, 0.3) is 0 Å². The van der Waals surface area contributed by atoms with E-state index >= 15 is 0 Å². The number of thioether (sulfide) groups is 1. The zero-order chi connectivity index (χ0) is 11.9. The molecular formula is C15H23NS. The quantitative estimate of drug-likeness (QED) is 0.828. The minimum Gasteiger partial charge on any atom is -0.316 e. The summed E-state index contributed by atoms with van der Waals surface area (Å²) in [4.78, 5) is 0. The number of rotatable bonds is 6. The minimum atomic E-state index is 0.714. The molecule has 1 nitrogen and oxygen atoms in total. The fraction of sp³-hybridized carbons (Fsp3) is 0.600. The van der Waals surface area contributed by atoms with E-state index in [1.807, 2.05) is 0 Å². The van der Waals surface area contributed by atoms with E-state index in [1.54, 1.807) is 0 Å². The van der Waals surface area contributed by atoms with Gasteiger partial charge in [-0.2, -0.15) is 11.8 Å². The Hall–Kier alpha value is -0.470. The fourth-order valence-corrected chi connectivity index (χ4v) is 4.08. The molecule has 2 heteroatoms. The first-order valence-corrected chi connectivity index (χ1v) is 7.78. The van der Waals surface area contributed by atoms with Gasteiger partial charge in [0.05, 0.1) is 0 Å². The lowest BCUT2D eigenvalue weighted by Gasteiger charge is -2.22. The summed E-state index contributed by atoms with van der Waals surface area (Å²) in [5.41, 5.74) is 1.47. The highest BCUT2D eigenvalue weighted by Crippen LogP contribution is 2.30. The average molecular weight is 249 g/mol. The van der Waals surface area contributed by atoms with E-state index in [4.69, 9.17) is 0 Å². The van der Waals surface area contributed by atoms with Gasteiger partial charge in [0, 0.05) is 11.3 Å². The van der Waals surface area contributed by atoms with Crippen LogP contribution in [0.3, 0.4) is 0 Å². The molecular weight excluding hydrogens is 226 g/mol. The molecule has 0 amide bonds. The molecule has 0 aromatic heterocycles. The first-order valence-electron chi connectivity index (χ1n) is 6.73. The molecule has 1 aromatic rings. The van der Waals surface area contributed by atoms with Crippen LogP contribution in [0, 0.1) is 0 Å². The molecule has 17 heavy (non-hydrogen) atoms. The molecule has 94 valence electrons. The second kappa shape index (κ2) is 7.07. The van der Waals surface area contributed by atoms with Crippen molar-refractivity contribution in [3.05, 3.63) is 35.9 Å². The summed E-state index contributed by atoms with van der Waals surface area (Å²) in [5, 5.41) is 4.37. The molecule has 1 aliphatic rings. The Labute approximate surface area is 109 Å². The lowest BCUT2D eigenvalue weighted by molar-refractivity contribution is 0.479. The zero-order valence-electron chi connectivity index (χ0n) is 10.7. The Morgan fingerprint density at radius 2 is 2.18 bits per heavy atom. The zero-order valence-corrected chi connectivity index (χ0v) is 11.5. The first-order chi connectivity index (χ1) is 8.40. The van der Waals surface area contributed by atoms with Gasteiger partial charge in [0.1, 0.15) is 0 Å². The molecule has 2 atom stereocenters. The fourth-order valence-electron chi connectivity index (χ4n) is 2.61. The molecule has 1 saturated heterocycles. The van der Waals surface area contributed by atoms with Gasteiger partial charge in [0.15, 0.2) is 0 Å². The lowest BCUT2D eigenvalue weighted by Crippen LogP contribution is -2.34. The number of nitrogens with one attached hydrogen (secondary N) is 1. The van der Waals surface area contributed by atoms with Crippen molar-refractivity contribution < 1.29 is 0 Å². The number of hydrogen-bond donors (Lipinski definition) is 1. The maximum Gasteiger partial charge on any atom is 0.0201 e. The molecule has 1 heterocycles. The maximum atomic E-state index is 3.51. The molecule has 0 spiro atoms. The highest BCUT2D eigenvalue weighted by molar-refractivity contribution is 8.00. The van der Waals surface area contributed by atoms with Crippen LogP contribution in [-0.2, 0) is 6.42 Å². The summed E-state index contributed by atoms with van der Waals surface area (Å²) in [6.45, 7) is 0. The van der Waals surface area contributed by atoms with E-state index in [1.165, 1.54) is 43.4 Å². The van der Waals surface area contributed by atoms with Gasteiger partial charge in [-0.05, 0) is 50.5 Å². The summed E-state index contributed by atoms with van der Waals surface area (Å²) in [6, 6.07) is 11.5. The van der Waals surface area contributed by atoms with Gasteiger partial charge >= 0.3 is 0 Å². The van der Waals surface area contributed by atoms with Crippen LogP contribution >= 0.6 is 11.8 Å². The second-order valence-corrected chi connectivity index (χ2v) is 6.17. The molecule has 1 aromatic carbocycles. The van der Waals surface area contributed by atoms with Crippen molar-refractivity contribution >= 4 is 11.8 Å². The molecule has 1 aliphatic heterocycles. The molecule has 2 rings (SSSR count). The average Bonchev–Trinajstić information content (AvgIpc) is 2.90. The van der Waals surface area contributed by atoms with Crippen molar-refractivity contribution in [2.75, 3.05) is 12.8 Å². The molecule has 0 saturated carbocycles.